The van der Waals surface area contributed by atoms with Gasteiger partial charge in [-0.15, -0.1) is 0 Å². The molecule has 1 aromatic rings. The summed E-state index contributed by atoms with van der Waals surface area (Å²) in [7, 11) is -2.19. The van der Waals surface area contributed by atoms with Crippen LogP contribution in [0, 0.1) is 23.5 Å². The van der Waals surface area contributed by atoms with Crippen LogP contribution in [-0.4, -0.2) is 40.9 Å². The van der Waals surface area contributed by atoms with Crippen LogP contribution < -0.4 is 4.72 Å². The highest BCUT2D eigenvalue weighted by atomic mass is 32.2. The van der Waals surface area contributed by atoms with Crippen molar-refractivity contribution in [2.45, 2.75) is 24.3 Å². The maximum atomic E-state index is 13.7. The summed E-state index contributed by atoms with van der Waals surface area (Å²) in [4.78, 5) is 0. The van der Waals surface area contributed by atoms with Crippen molar-refractivity contribution < 1.29 is 26.7 Å². The number of fused-ring (bicyclic) bond motifs is 1. The van der Waals surface area contributed by atoms with Crippen LogP contribution in [0.2, 0.25) is 0 Å². The molecule has 3 rings (SSSR count). The Morgan fingerprint density at radius 3 is 2.87 bits per heavy atom. The van der Waals surface area contributed by atoms with Gasteiger partial charge in [0, 0.05) is 43.2 Å². The molecule has 8 heteroatoms. The van der Waals surface area contributed by atoms with Gasteiger partial charge in [-0.05, 0) is 12.5 Å². The van der Waals surface area contributed by atoms with E-state index in [-0.39, 0.29) is 29.5 Å². The first-order valence-corrected chi connectivity index (χ1v) is 9.11. The van der Waals surface area contributed by atoms with Crippen LogP contribution in [0.15, 0.2) is 18.2 Å². The van der Waals surface area contributed by atoms with Crippen LogP contribution in [0.25, 0.3) is 0 Å². The molecule has 0 spiro atoms. The van der Waals surface area contributed by atoms with Crippen molar-refractivity contribution in [1.82, 2.24) is 4.72 Å². The van der Waals surface area contributed by atoms with Crippen molar-refractivity contribution in [1.29, 1.82) is 0 Å². The molecule has 0 unspecified atom stereocenters. The van der Waals surface area contributed by atoms with Gasteiger partial charge in [-0.25, -0.2) is 21.9 Å². The van der Waals surface area contributed by atoms with Gasteiger partial charge < -0.3 is 9.47 Å². The summed E-state index contributed by atoms with van der Waals surface area (Å²) >= 11 is 0. The Hall–Kier alpha value is -1.09. The molecule has 128 valence electrons. The minimum absolute atomic E-state index is 0.0187. The Kier molecular flexibility index (Phi) is 4.68. The normalized spacial score (nSPS) is 30.0. The lowest BCUT2D eigenvalue weighted by atomic mass is 9.68. The summed E-state index contributed by atoms with van der Waals surface area (Å²) in [5, 5.41) is 0. The fourth-order valence-corrected chi connectivity index (χ4v) is 4.98. The van der Waals surface area contributed by atoms with Crippen LogP contribution in [0.1, 0.15) is 12.0 Å². The quantitative estimate of drug-likeness (QED) is 0.846. The molecular weight excluding hydrogens is 328 g/mol. The molecule has 5 nitrogen and oxygen atoms in total. The predicted molar refractivity (Wildman–Crippen MR) is 79.1 cm³/mol. The van der Waals surface area contributed by atoms with Gasteiger partial charge >= 0.3 is 0 Å². The standard InChI is InChI=1S/C15H19F2NO4S/c1-21-7-12-14(11-4-5-22-15(11)12)18-23(19,20)8-9-2-3-10(16)6-13(9)17/h2-3,6,11-12,14-15,18H,4-5,7-8H2,1H3/t11-,12+,14-,15-/m1/s1. The monoisotopic (exact) mass is 347 g/mol. The average molecular weight is 347 g/mol. The number of sulfonamides is 1. The van der Waals surface area contributed by atoms with Crippen LogP contribution in [-0.2, 0) is 25.2 Å². The van der Waals surface area contributed by atoms with E-state index in [9.17, 15) is 17.2 Å². The molecule has 0 bridgehead atoms. The van der Waals surface area contributed by atoms with Gasteiger partial charge in [0.25, 0.3) is 0 Å². The highest BCUT2D eigenvalue weighted by Crippen LogP contribution is 2.44. The Bertz CT molecular complexity index is 682. The Morgan fingerprint density at radius 2 is 2.17 bits per heavy atom. The van der Waals surface area contributed by atoms with Gasteiger partial charge in [-0.3, -0.25) is 0 Å². The molecule has 1 aromatic carbocycles. The topological polar surface area (TPSA) is 64.6 Å². The number of benzene rings is 1. The molecule has 0 amide bonds. The molecule has 0 radical (unpaired) electrons. The van der Waals surface area contributed by atoms with E-state index in [0.717, 1.165) is 18.6 Å². The minimum Gasteiger partial charge on any atom is -0.384 e. The van der Waals surface area contributed by atoms with E-state index in [1.807, 2.05) is 0 Å². The summed E-state index contributed by atoms with van der Waals surface area (Å²) < 4.78 is 64.6. The van der Waals surface area contributed by atoms with Crippen molar-refractivity contribution in [2.75, 3.05) is 20.3 Å². The molecule has 1 aliphatic heterocycles. The number of hydrogen-bond donors (Lipinski definition) is 1. The van der Waals surface area contributed by atoms with Crippen molar-refractivity contribution in [3.63, 3.8) is 0 Å². The van der Waals surface area contributed by atoms with Crippen molar-refractivity contribution in [3.8, 4) is 0 Å². The van der Waals surface area contributed by atoms with Gasteiger partial charge in [-0.1, -0.05) is 6.07 Å². The molecule has 1 aliphatic carbocycles. The summed E-state index contributed by atoms with van der Waals surface area (Å²) in [5.74, 6) is -2.03. The van der Waals surface area contributed by atoms with Gasteiger partial charge in [0.15, 0.2) is 0 Å². The molecule has 1 N–H and O–H groups in total. The van der Waals surface area contributed by atoms with Gasteiger partial charge in [0.1, 0.15) is 11.6 Å². The lowest BCUT2D eigenvalue weighted by Crippen LogP contribution is -2.62. The Morgan fingerprint density at radius 1 is 1.39 bits per heavy atom. The zero-order valence-corrected chi connectivity index (χ0v) is 13.5. The third kappa shape index (κ3) is 3.40. The number of hydrogen-bond acceptors (Lipinski definition) is 4. The predicted octanol–water partition coefficient (Wildman–Crippen LogP) is 1.43. The fourth-order valence-electron chi connectivity index (χ4n) is 3.49. The summed E-state index contributed by atoms with van der Waals surface area (Å²) in [6, 6.07) is 2.61. The lowest BCUT2D eigenvalue weighted by molar-refractivity contribution is -0.0775. The first-order chi connectivity index (χ1) is 10.9. The second kappa shape index (κ2) is 6.43. The SMILES string of the molecule is COC[C@H]1[C@H](NS(=O)(=O)Cc2ccc(F)cc2F)[C@H]2CCO[C@H]21. The van der Waals surface area contributed by atoms with Crippen LogP contribution in [0.4, 0.5) is 8.78 Å². The Labute approximate surface area is 134 Å². The largest absolute Gasteiger partial charge is 0.384 e. The average Bonchev–Trinajstić information content (AvgIpc) is 2.90. The van der Waals surface area contributed by atoms with E-state index in [2.05, 4.69) is 4.72 Å². The molecule has 0 aromatic heterocycles. The number of rotatable bonds is 6. The van der Waals surface area contributed by atoms with E-state index < -0.39 is 27.4 Å². The number of ether oxygens (including phenoxy) is 2. The van der Waals surface area contributed by atoms with E-state index in [0.29, 0.717) is 19.3 Å². The Balaban J connectivity index is 1.70. The number of halogens is 2. The third-order valence-corrected chi connectivity index (χ3v) is 5.89. The highest BCUT2D eigenvalue weighted by molar-refractivity contribution is 7.88. The van der Waals surface area contributed by atoms with Crippen molar-refractivity contribution >= 4 is 10.0 Å². The minimum atomic E-state index is -3.74. The second-order valence-corrected chi connectivity index (χ2v) is 7.80. The second-order valence-electron chi connectivity index (χ2n) is 6.05. The molecule has 1 saturated carbocycles. The lowest BCUT2D eigenvalue weighted by Gasteiger charge is -2.47. The van der Waals surface area contributed by atoms with Crippen molar-refractivity contribution in [2.24, 2.45) is 11.8 Å². The molecule has 23 heavy (non-hydrogen) atoms. The summed E-state index contributed by atoms with van der Waals surface area (Å²) in [6.45, 7) is 1.01. The summed E-state index contributed by atoms with van der Waals surface area (Å²) in [5.41, 5.74) is -0.0549. The van der Waals surface area contributed by atoms with Gasteiger partial charge in [-0.2, -0.15) is 0 Å². The maximum Gasteiger partial charge on any atom is 0.216 e. The van der Waals surface area contributed by atoms with E-state index in [1.54, 1.807) is 7.11 Å². The fraction of sp³-hybridized carbons (Fsp3) is 0.600. The van der Waals surface area contributed by atoms with E-state index in [1.165, 1.54) is 0 Å². The molecule has 2 fully saturated rings. The van der Waals surface area contributed by atoms with Gasteiger partial charge in [0.2, 0.25) is 10.0 Å². The van der Waals surface area contributed by atoms with E-state index >= 15 is 0 Å². The van der Waals surface area contributed by atoms with Crippen LogP contribution in [0.3, 0.4) is 0 Å². The molecule has 1 heterocycles. The van der Waals surface area contributed by atoms with Gasteiger partial charge in [0.05, 0.1) is 18.5 Å². The first kappa shape index (κ1) is 16.8. The van der Waals surface area contributed by atoms with E-state index in [4.69, 9.17) is 9.47 Å². The zero-order valence-electron chi connectivity index (χ0n) is 12.7. The molecule has 4 atom stereocenters. The first-order valence-electron chi connectivity index (χ1n) is 7.46. The maximum absolute atomic E-state index is 13.7. The molecule has 2 aliphatic rings. The zero-order chi connectivity index (χ0) is 16.6. The van der Waals surface area contributed by atoms with Crippen molar-refractivity contribution in [3.05, 3.63) is 35.4 Å². The summed E-state index contributed by atoms with van der Waals surface area (Å²) in [6.07, 6.45) is 0.813. The van der Waals surface area contributed by atoms with Crippen LogP contribution >= 0.6 is 0 Å². The van der Waals surface area contributed by atoms with Crippen LogP contribution in [0.5, 0.6) is 0 Å². The third-order valence-electron chi connectivity index (χ3n) is 4.56. The highest BCUT2D eigenvalue weighted by Gasteiger charge is 2.54. The number of methoxy groups -OCH3 is 1. The number of nitrogens with one attached hydrogen (secondary N) is 1. The smallest absolute Gasteiger partial charge is 0.216 e. The molecular formula is C15H19F2NO4S. The molecule has 1 saturated heterocycles.